The quantitative estimate of drug-likeness (QED) is 0.710. The maximum Gasteiger partial charge on any atom is 0.340 e. The van der Waals surface area contributed by atoms with Crippen molar-refractivity contribution in [1.29, 1.82) is 0 Å². The van der Waals surface area contributed by atoms with Gasteiger partial charge in [0.15, 0.2) is 0 Å². The molecule has 0 fully saturated rings. The van der Waals surface area contributed by atoms with Crippen LogP contribution in [0.15, 0.2) is 77.4 Å². The molecule has 1 heterocycles. The molecule has 0 radical (unpaired) electrons. The number of anilines is 1. The molecule has 30 heavy (non-hydrogen) atoms. The van der Waals surface area contributed by atoms with Gasteiger partial charge in [0, 0.05) is 11.3 Å². The molecule has 3 rings (SSSR count). The fourth-order valence-corrected chi connectivity index (χ4v) is 3.42. The van der Waals surface area contributed by atoms with E-state index in [9.17, 15) is 9.59 Å². The molecule has 0 saturated carbocycles. The van der Waals surface area contributed by atoms with E-state index in [2.05, 4.69) is 5.32 Å². The van der Waals surface area contributed by atoms with Gasteiger partial charge < -0.3 is 25.3 Å². The Balaban J connectivity index is 2.14. The third-order valence-corrected chi connectivity index (χ3v) is 4.71. The lowest BCUT2D eigenvalue weighted by Gasteiger charge is -2.30. The van der Waals surface area contributed by atoms with Crippen LogP contribution in [0.5, 0.6) is 5.75 Å². The highest BCUT2D eigenvalue weighted by Crippen LogP contribution is 2.43. The summed E-state index contributed by atoms with van der Waals surface area (Å²) < 4.78 is 16.3. The number of hydrogen-bond acceptors (Lipinski definition) is 6. The molecule has 0 bridgehead atoms. The zero-order valence-electron chi connectivity index (χ0n) is 17.1. The van der Waals surface area contributed by atoms with Gasteiger partial charge in [-0.05, 0) is 32.0 Å². The molecule has 1 amide bonds. The average Bonchev–Trinajstić information content (AvgIpc) is 2.73. The highest BCUT2D eigenvalue weighted by Gasteiger charge is 2.40. The zero-order valence-corrected chi connectivity index (χ0v) is 17.1. The number of para-hydroxylation sites is 2. The number of ether oxygens (including phenoxy) is 3. The first-order chi connectivity index (χ1) is 14.5. The number of nitrogens with two attached hydrogens (primary N) is 1. The minimum atomic E-state index is -0.822. The van der Waals surface area contributed by atoms with Gasteiger partial charge in [0.1, 0.15) is 17.1 Å². The van der Waals surface area contributed by atoms with Crippen LogP contribution < -0.4 is 15.8 Å². The van der Waals surface area contributed by atoms with Gasteiger partial charge in [-0.25, -0.2) is 4.79 Å². The van der Waals surface area contributed by atoms with Crippen LogP contribution in [0.1, 0.15) is 25.3 Å². The van der Waals surface area contributed by atoms with Gasteiger partial charge in [0.05, 0.1) is 25.2 Å². The number of methoxy groups -OCH3 is 1. The normalized spacial score (nSPS) is 16.0. The second-order valence-corrected chi connectivity index (χ2v) is 6.57. The van der Waals surface area contributed by atoms with E-state index in [0.29, 0.717) is 22.8 Å². The molecule has 0 spiro atoms. The summed E-state index contributed by atoms with van der Waals surface area (Å²) in [5, 5.41) is 2.85. The minimum absolute atomic E-state index is 0.0603. The van der Waals surface area contributed by atoms with E-state index < -0.39 is 17.8 Å². The first kappa shape index (κ1) is 21.0. The third-order valence-electron chi connectivity index (χ3n) is 4.71. The van der Waals surface area contributed by atoms with Crippen molar-refractivity contribution >= 4 is 17.6 Å². The summed E-state index contributed by atoms with van der Waals surface area (Å²) in [4.78, 5) is 26.1. The standard InChI is InChI=1S/C23H24N2O5/c1-4-29-23(27)20-19(16-12-8-9-13-17(16)28-3)18(14(2)30-21(20)24)22(26)25-15-10-6-5-7-11-15/h5-13,19H,4,24H2,1-3H3,(H,25,26)/t19-/m1/s1. The van der Waals surface area contributed by atoms with Gasteiger partial charge in [-0.3, -0.25) is 4.79 Å². The molecule has 0 aromatic heterocycles. The Morgan fingerprint density at radius 3 is 2.40 bits per heavy atom. The molecule has 2 aromatic rings. The molecule has 1 aliphatic heterocycles. The van der Waals surface area contributed by atoms with Gasteiger partial charge in [-0.2, -0.15) is 0 Å². The molecule has 7 heteroatoms. The Morgan fingerprint density at radius 2 is 1.73 bits per heavy atom. The van der Waals surface area contributed by atoms with Crippen LogP contribution in [-0.4, -0.2) is 25.6 Å². The number of benzene rings is 2. The molecule has 0 aliphatic carbocycles. The molecule has 1 aliphatic rings. The minimum Gasteiger partial charge on any atom is -0.496 e. The van der Waals surface area contributed by atoms with E-state index >= 15 is 0 Å². The van der Waals surface area contributed by atoms with Gasteiger partial charge in [0.2, 0.25) is 5.88 Å². The lowest BCUT2D eigenvalue weighted by atomic mass is 9.81. The second kappa shape index (κ2) is 9.17. The number of carbonyl (C=O) groups excluding carboxylic acids is 2. The molecule has 156 valence electrons. The molecular formula is C23H24N2O5. The highest BCUT2D eigenvalue weighted by molar-refractivity contribution is 6.08. The molecule has 3 N–H and O–H groups in total. The smallest absolute Gasteiger partial charge is 0.340 e. The average molecular weight is 408 g/mol. The van der Waals surface area contributed by atoms with E-state index in [1.54, 1.807) is 50.2 Å². The predicted molar refractivity (Wildman–Crippen MR) is 112 cm³/mol. The SMILES string of the molecule is CCOC(=O)C1=C(N)OC(C)=C(C(=O)Nc2ccccc2)[C@H]1c1ccccc1OC. The Hall–Kier alpha value is -3.74. The van der Waals surface area contributed by atoms with Crippen molar-refractivity contribution in [2.45, 2.75) is 19.8 Å². The van der Waals surface area contributed by atoms with E-state index in [-0.39, 0.29) is 23.6 Å². The monoisotopic (exact) mass is 408 g/mol. The molecular weight excluding hydrogens is 384 g/mol. The second-order valence-electron chi connectivity index (χ2n) is 6.57. The molecule has 2 aromatic carbocycles. The van der Waals surface area contributed by atoms with Gasteiger partial charge >= 0.3 is 5.97 Å². The highest BCUT2D eigenvalue weighted by atomic mass is 16.5. The van der Waals surface area contributed by atoms with Gasteiger partial charge in [-0.15, -0.1) is 0 Å². The van der Waals surface area contributed by atoms with Crippen molar-refractivity contribution in [3.05, 3.63) is 82.9 Å². The summed E-state index contributed by atoms with van der Waals surface area (Å²) in [6.07, 6.45) is 0. The first-order valence-corrected chi connectivity index (χ1v) is 9.52. The Labute approximate surface area is 175 Å². The Kier molecular flexibility index (Phi) is 6.41. The summed E-state index contributed by atoms with van der Waals surface area (Å²) in [6.45, 7) is 3.49. The van der Waals surface area contributed by atoms with E-state index in [4.69, 9.17) is 19.9 Å². The summed E-state index contributed by atoms with van der Waals surface area (Å²) >= 11 is 0. The fourth-order valence-electron chi connectivity index (χ4n) is 3.42. The molecule has 0 saturated heterocycles. The van der Waals surface area contributed by atoms with E-state index in [0.717, 1.165) is 0 Å². The number of hydrogen-bond donors (Lipinski definition) is 2. The van der Waals surface area contributed by atoms with Gasteiger partial charge in [0.25, 0.3) is 5.91 Å². The maximum atomic E-state index is 13.3. The first-order valence-electron chi connectivity index (χ1n) is 9.52. The number of nitrogens with one attached hydrogen (secondary N) is 1. The maximum absolute atomic E-state index is 13.3. The van der Waals surface area contributed by atoms with Crippen LogP contribution in [0, 0.1) is 0 Å². The van der Waals surface area contributed by atoms with Crippen molar-refractivity contribution in [1.82, 2.24) is 0 Å². The van der Waals surface area contributed by atoms with Crippen molar-refractivity contribution in [3.8, 4) is 5.75 Å². The molecule has 7 nitrogen and oxygen atoms in total. The van der Waals surface area contributed by atoms with Crippen molar-refractivity contribution < 1.29 is 23.8 Å². The van der Waals surface area contributed by atoms with Crippen molar-refractivity contribution in [2.24, 2.45) is 5.73 Å². The summed E-state index contributed by atoms with van der Waals surface area (Å²) in [7, 11) is 1.52. The zero-order chi connectivity index (χ0) is 21.7. The van der Waals surface area contributed by atoms with E-state index in [1.807, 2.05) is 18.2 Å². The lowest BCUT2D eigenvalue weighted by molar-refractivity contribution is -0.139. The van der Waals surface area contributed by atoms with Crippen molar-refractivity contribution in [2.75, 3.05) is 19.0 Å². The summed E-state index contributed by atoms with van der Waals surface area (Å²) in [5.74, 6) is -1.18. The number of esters is 1. The largest absolute Gasteiger partial charge is 0.496 e. The number of rotatable bonds is 6. The fraction of sp³-hybridized carbons (Fsp3) is 0.217. The van der Waals surface area contributed by atoms with Crippen LogP contribution in [-0.2, 0) is 19.1 Å². The number of amides is 1. The Morgan fingerprint density at radius 1 is 1.07 bits per heavy atom. The molecule has 1 atom stereocenters. The number of allylic oxidation sites excluding steroid dienone is 1. The van der Waals surface area contributed by atoms with Crippen LogP contribution in [0.2, 0.25) is 0 Å². The lowest BCUT2D eigenvalue weighted by Crippen LogP contribution is -2.31. The van der Waals surface area contributed by atoms with Gasteiger partial charge in [-0.1, -0.05) is 36.4 Å². The Bertz CT molecular complexity index is 1010. The summed E-state index contributed by atoms with van der Waals surface area (Å²) in [5.41, 5.74) is 7.61. The predicted octanol–water partition coefficient (Wildman–Crippen LogP) is 3.46. The van der Waals surface area contributed by atoms with Crippen LogP contribution in [0.4, 0.5) is 5.69 Å². The topological polar surface area (TPSA) is 99.9 Å². The molecule has 0 unspecified atom stereocenters. The van der Waals surface area contributed by atoms with E-state index in [1.165, 1.54) is 7.11 Å². The summed E-state index contributed by atoms with van der Waals surface area (Å²) in [6, 6.07) is 16.2. The number of carbonyl (C=O) groups is 2. The third kappa shape index (κ3) is 4.15. The van der Waals surface area contributed by atoms with Crippen molar-refractivity contribution in [3.63, 3.8) is 0 Å². The van der Waals surface area contributed by atoms with Crippen LogP contribution in [0.3, 0.4) is 0 Å². The van der Waals surface area contributed by atoms with Crippen LogP contribution in [0.25, 0.3) is 0 Å². The van der Waals surface area contributed by atoms with Crippen LogP contribution >= 0.6 is 0 Å².